The molecule has 0 spiro atoms. The second kappa shape index (κ2) is 10.6. The summed E-state index contributed by atoms with van der Waals surface area (Å²) >= 11 is 6.47. The zero-order valence-electron chi connectivity index (χ0n) is 19.8. The van der Waals surface area contributed by atoms with E-state index >= 15 is 0 Å². The minimum atomic E-state index is -0.656. The fraction of sp³-hybridized carbons (Fsp3) is 0.192. The Labute approximate surface area is 212 Å². The van der Waals surface area contributed by atoms with E-state index in [1.807, 2.05) is 31.2 Å². The van der Waals surface area contributed by atoms with Crippen molar-refractivity contribution in [3.8, 4) is 11.5 Å². The lowest BCUT2D eigenvalue weighted by Gasteiger charge is -2.14. The number of urea groups is 1. The van der Waals surface area contributed by atoms with Crippen molar-refractivity contribution in [1.82, 2.24) is 10.2 Å². The largest absolute Gasteiger partial charge is 0.493 e. The molecule has 1 aromatic heterocycles. The lowest BCUT2D eigenvalue weighted by Crippen LogP contribution is -2.30. The highest BCUT2D eigenvalue weighted by molar-refractivity contribution is 6.32. The standard InChI is InChI=1S/C26H23ClN2O7/c1-15-5-4-6-16(9-15)14-35-23-19(27)10-17(12-22(23)33-2)11-20-24(30)29(26(32)28-20)13-18-7-8-21(36-18)25(31)34-3/h4-12H,13-14H2,1-3H3,(H,28,32)/b20-11-. The zero-order chi connectivity index (χ0) is 25.8. The molecule has 0 aliphatic carbocycles. The first kappa shape index (κ1) is 24.9. The van der Waals surface area contributed by atoms with Crippen molar-refractivity contribution in [2.45, 2.75) is 20.1 Å². The summed E-state index contributed by atoms with van der Waals surface area (Å²) in [6.07, 6.45) is 1.49. The Hall–Kier alpha value is -4.24. The van der Waals surface area contributed by atoms with E-state index < -0.39 is 17.9 Å². The Bertz CT molecular complexity index is 1360. The van der Waals surface area contributed by atoms with E-state index in [9.17, 15) is 14.4 Å². The third-order valence-corrected chi connectivity index (χ3v) is 5.63. The molecule has 3 aromatic rings. The van der Waals surface area contributed by atoms with Gasteiger partial charge in [-0.25, -0.2) is 9.59 Å². The number of aryl methyl sites for hydroxylation is 1. The van der Waals surface area contributed by atoms with E-state index in [0.717, 1.165) is 16.0 Å². The smallest absolute Gasteiger partial charge is 0.373 e. The van der Waals surface area contributed by atoms with Gasteiger partial charge in [0.1, 0.15) is 18.1 Å². The van der Waals surface area contributed by atoms with Crippen molar-refractivity contribution in [2.75, 3.05) is 14.2 Å². The lowest BCUT2D eigenvalue weighted by atomic mass is 10.1. The molecule has 1 aliphatic rings. The Balaban J connectivity index is 1.51. The predicted octanol–water partition coefficient (Wildman–Crippen LogP) is 4.71. The number of carbonyl (C=O) groups is 3. The highest BCUT2D eigenvalue weighted by Crippen LogP contribution is 2.37. The molecule has 0 radical (unpaired) electrons. The van der Waals surface area contributed by atoms with Gasteiger partial charge in [-0.2, -0.15) is 0 Å². The van der Waals surface area contributed by atoms with Gasteiger partial charge in [0, 0.05) is 0 Å². The summed E-state index contributed by atoms with van der Waals surface area (Å²) in [5.41, 5.74) is 2.67. The lowest BCUT2D eigenvalue weighted by molar-refractivity contribution is -0.123. The normalized spacial score (nSPS) is 14.2. The number of imide groups is 1. The van der Waals surface area contributed by atoms with Gasteiger partial charge < -0.3 is 23.9 Å². The van der Waals surface area contributed by atoms with Gasteiger partial charge in [0.2, 0.25) is 5.76 Å². The van der Waals surface area contributed by atoms with Crippen molar-refractivity contribution in [3.05, 3.63) is 87.5 Å². The quantitative estimate of drug-likeness (QED) is 0.265. The van der Waals surface area contributed by atoms with E-state index in [1.165, 1.54) is 32.4 Å². The summed E-state index contributed by atoms with van der Waals surface area (Å²) in [7, 11) is 2.71. The number of benzene rings is 2. The van der Waals surface area contributed by atoms with Gasteiger partial charge in [-0.1, -0.05) is 41.4 Å². The molecule has 0 bridgehead atoms. The molecule has 36 heavy (non-hydrogen) atoms. The molecule has 0 saturated carbocycles. The van der Waals surface area contributed by atoms with Crippen molar-refractivity contribution in [3.63, 3.8) is 0 Å². The first-order chi connectivity index (χ1) is 17.3. The van der Waals surface area contributed by atoms with Crippen LogP contribution in [0.25, 0.3) is 6.08 Å². The van der Waals surface area contributed by atoms with Crippen LogP contribution in [-0.4, -0.2) is 37.0 Å². The maximum absolute atomic E-state index is 12.9. The number of ether oxygens (including phenoxy) is 3. The molecule has 10 heteroatoms. The molecule has 2 aromatic carbocycles. The number of methoxy groups -OCH3 is 2. The Morgan fingerprint density at radius 3 is 2.67 bits per heavy atom. The molecule has 2 heterocycles. The predicted molar refractivity (Wildman–Crippen MR) is 131 cm³/mol. The van der Waals surface area contributed by atoms with Crippen LogP contribution in [0.15, 0.2) is 58.6 Å². The number of carbonyl (C=O) groups excluding carboxylic acids is 3. The molecular formula is C26H23ClN2O7. The monoisotopic (exact) mass is 510 g/mol. The molecule has 0 unspecified atom stereocenters. The van der Waals surface area contributed by atoms with E-state index in [0.29, 0.717) is 23.7 Å². The molecule has 1 fully saturated rings. The summed E-state index contributed by atoms with van der Waals surface area (Å²) in [6, 6.07) is 13.5. The maximum atomic E-state index is 12.9. The van der Waals surface area contributed by atoms with Crippen molar-refractivity contribution in [1.29, 1.82) is 0 Å². The second-order valence-electron chi connectivity index (χ2n) is 7.95. The summed E-state index contributed by atoms with van der Waals surface area (Å²) in [5.74, 6) is -0.254. The van der Waals surface area contributed by atoms with E-state index in [1.54, 1.807) is 12.1 Å². The van der Waals surface area contributed by atoms with Crippen LogP contribution in [0.5, 0.6) is 11.5 Å². The molecule has 4 rings (SSSR count). The minimum Gasteiger partial charge on any atom is -0.493 e. The van der Waals surface area contributed by atoms with Crippen LogP contribution < -0.4 is 14.8 Å². The summed E-state index contributed by atoms with van der Waals surface area (Å²) in [4.78, 5) is 37.8. The third-order valence-electron chi connectivity index (χ3n) is 5.35. The van der Waals surface area contributed by atoms with Gasteiger partial charge in [-0.15, -0.1) is 0 Å². The molecule has 1 saturated heterocycles. The number of hydrogen-bond acceptors (Lipinski definition) is 7. The fourth-order valence-electron chi connectivity index (χ4n) is 3.63. The Morgan fingerprint density at radius 1 is 1.14 bits per heavy atom. The van der Waals surface area contributed by atoms with Gasteiger partial charge in [-0.3, -0.25) is 9.69 Å². The molecular weight excluding hydrogens is 488 g/mol. The second-order valence-corrected chi connectivity index (χ2v) is 8.36. The first-order valence-corrected chi connectivity index (χ1v) is 11.2. The zero-order valence-corrected chi connectivity index (χ0v) is 20.5. The number of furan rings is 1. The SMILES string of the molecule is COC(=O)c1ccc(CN2C(=O)N/C(=C\c3cc(Cl)c(OCc4cccc(C)c4)c(OC)c3)C2=O)o1. The molecule has 1 aliphatic heterocycles. The van der Waals surface area contributed by atoms with Crippen LogP contribution in [0.1, 0.15) is 33.0 Å². The molecule has 0 atom stereocenters. The van der Waals surface area contributed by atoms with Gasteiger partial charge >= 0.3 is 12.0 Å². The van der Waals surface area contributed by atoms with Crippen LogP contribution in [-0.2, 0) is 22.7 Å². The molecule has 1 N–H and O–H groups in total. The fourth-order valence-corrected chi connectivity index (χ4v) is 3.91. The summed E-state index contributed by atoms with van der Waals surface area (Å²) in [6.45, 7) is 2.14. The summed E-state index contributed by atoms with van der Waals surface area (Å²) < 4.78 is 21.3. The van der Waals surface area contributed by atoms with Gasteiger partial charge in [0.25, 0.3) is 5.91 Å². The van der Waals surface area contributed by atoms with Crippen LogP contribution in [0, 0.1) is 6.92 Å². The number of halogens is 1. The Morgan fingerprint density at radius 2 is 1.94 bits per heavy atom. The van der Waals surface area contributed by atoms with Gasteiger partial charge in [0.15, 0.2) is 11.5 Å². The summed E-state index contributed by atoms with van der Waals surface area (Å²) in [5, 5.41) is 2.82. The van der Waals surface area contributed by atoms with Crippen molar-refractivity contribution >= 4 is 35.6 Å². The van der Waals surface area contributed by atoms with Crippen LogP contribution >= 0.6 is 11.6 Å². The van der Waals surface area contributed by atoms with Gasteiger partial charge in [-0.05, 0) is 48.4 Å². The number of rotatable bonds is 8. The van der Waals surface area contributed by atoms with Crippen LogP contribution in [0.2, 0.25) is 5.02 Å². The molecule has 3 amide bonds. The van der Waals surface area contributed by atoms with Crippen LogP contribution in [0.4, 0.5) is 4.79 Å². The average Bonchev–Trinajstić information content (AvgIpc) is 3.43. The average molecular weight is 511 g/mol. The third kappa shape index (κ3) is 5.36. The topological polar surface area (TPSA) is 107 Å². The molecule has 186 valence electrons. The van der Waals surface area contributed by atoms with Gasteiger partial charge in [0.05, 0.1) is 25.8 Å². The van der Waals surface area contributed by atoms with Crippen molar-refractivity contribution < 1.29 is 33.0 Å². The maximum Gasteiger partial charge on any atom is 0.373 e. The van der Waals surface area contributed by atoms with Crippen molar-refractivity contribution in [2.24, 2.45) is 0 Å². The van der Waals surface area contributed by atoms with E-state index in [4.69, 9.17) is 25.5 Å². The molecule has 9 nitrogen and oxygen atoms in total. The number of nitrogens with zero attached hydrogens (tertiary/aromatic N) is 1. The first-order valence-electron chi connectivity index (χ1n) is 10.9. The number of amides is 3. The Kier molecular flexibility index (Phi) is 7.30. The number of hydrogen-bond donors (Lipinski definition) is 1. The minimum absolute atomic E-state index is 0.0261. The highest BCUT2D eigenvalue weighted by atomic mass is 35.5. The van der Waals surface area contributed by atoms with Crippen LogP contribution in [0.3, 0.4) is 0 Å². The van der Waals surface area contributed by atoms with E-state index in [-0.39, 0.29) is 28.8 Å². The highest BCUT2D eigenvalue weighted by Gasteiger charge is 2.34. The number of esters is 1. The number of nitrogens with one attached hydrogen (secondary N) is 1. The van der Waals surface area contributed by atoms with E-state index in [2.05, 4.69) is 10.1 Å².